The maximum Gasteiger partial charge on any atom is 0.224 e. The third-order valence-electron chi connectivity index (χ3n) is 3.42. The molecule has 2 aromatic rings. The zero-order valence-corrected chi connectivity index (χ0v) is 10.8. The molecule has 4 heteroatoms. The highest BCUT2D eigenvalue weighted by Gasteiger charge is 2.14. The van der Waals surface area contributed by atoms with Crippen LogP contribution in [-0.4, -0.2) is 5.91 Å². The van der Waals surface area contributed by atoms with Gasteiger partial charge in [0, 0.05) is 17.8 Å². The molecule has 1 aliphatic rings. The van der Waals surface area contributed by atoms with Gasteiger partial charge in [0.1, 0.15) is 5.76 Å². The van der Waals surface area contributed by atoms with E-state index >= 15 is 0 Å². The molecule has 19 heavy (non-hydrogen) atoms. The van der Waals surface area contributed by atoms with E-state index in [9.17, 15) is 4.79 Å². The Balaban J connectivity index is 1.72. The first-order valence-electron chi connectivity index (χ1n) is 6.42. The molecule has 0 unspecified atom stereocenters. The zero-order chi connectivity index (χ0) is 13.2. The van der Waals surface area contributed by atoms with Crippen molar-refractivity contribution in [3.05, 3.63) is 47.4 Å². The highest BCUT2D eigenvalue weighted by Crippen LogP contribution is 2.26. The van der Waals surface area contributed by atoms with E-state index in [0.717, 1.165) is 29.1 Å². The van der Waals surface area contributed by atoms with Gasteiger partial charge in [0.25, 0.3) is 0 Å². The summed E-state index contributed by atoms with van der Waals surface area (Å²) in [5.41, 5.74) is 4.31. The highest BCUT2D eigenvalue weighted by molar-refractivity contribution is 5.94. The molecule has 0 atom stereocenters. The van der Waals surface area contributed by atoms with Crippen molar-refractivity contribution >= 4 is 17.3 Å². The van der Waals surface area contributed by atoms with E-state index in [-0.39, 0.29) is 5.91 Å². The van der Waals surface area contributed by atoms with E-state index in [2.05, 4.69) is 16.7 Å². The van der Waals surface area contributed by atoms with Crippen molar-refractivity contribution in [2.75, 3.05) is 10.6 Å². The summed E-state index contributed by atoms with van der Waals surface area (Å²) in [5, 5.41) is 6.22. The molecule has 1 amide bonds. The Kier molecular flexibility index (Phi) is 2.99. The number of hydrogen-bond acceptors (Lipinski definition) is 3. The lowest BCUT2D eigenvalue weighted by Crippen LogP contribution is -2.18. The second-order valence-corrected chi connectivity index (χ2v) is 4.80. The van der Waals surface area contributed by atoms with E-state index < -0.39 is 0 Å². The van der Waals surface area contributed by atoms with E-state index in [0.29, 0.717) is 13.0 Å². The van der Waals surface area contributed by atoms with Crippen LogP contribution in [0.2, 0.25) is 0 Å². The van der Waals surface area contributed by atoms with Crippen LogP contribution < -0.4 is 10.6 Å². The molecule has 0 bridgehead atoms. The lowest BCUT2D eigenvalue weighted by molar-refractivity contribution is -0.116. The zero-order valence-electron chi connectivity index (χ0n) is 10.8. The van der Waals surface area contributed by atoms with Crippen LogP contribution in [0.3, 0.4) is 0 Å². The largest absolute Gasteiger partial charge is 0.467 e. The summed E-state index contributed by atoms with van der Waals surface area (Å²) in [4.78, 5) is 11.3. The number of furan rings is 1. The van der Waals surface area contributed by atoms with Gasteiger partial charge in [-0.3, -0.25) is 4.79 Å². The molecule has 0 radical (unpaired) electrons. The average molecular weight is 256 g/mol. The third kappa shape index (κ3) is 2.47. The van der Waals surface area contributed by atoms with Gasteiger partial charge in [-0.25, -0.2) is 0 Å². The summed E-state index contributed by atoms with van der Waals surface area (Å²) in [6, 6.07) is 7.97. The average Bonchev–Trinajstić information content (AvgIpc) is 2.82. The molecule has 1 aromatic heterocycles. The summed E-state index contributed by atoms with van der Waals surface area (Å²) in [5.74, 6) is 1.05. The van der Waals surface area contributed by atoms with Crippen molar-refractivity contribution < 1.29 is 9.21 Å². The van der Waals surface area contributed by atoms with Gasteiger partial charge < -0.3 is 15.1 Å². The van der Waals surface area contributed by atoms with Gasteiger partial charge in [-0.15, -0.1) is 0 Å². The predicted octanol–water partition coefficient (Wildman–Crippen LogP) is 3.08. The summed E-state index contributed by atoms with van der Waals surface area (Å²) in [7, 11) is 0. The van der Waals surface area contributed by atoms with Crippen LogP contribution >= 0.6 is 0 Å². The van der Waals surface area contributed by atoms with Crippen molar-refractivity contribution in [2.45, 2.75) is 26.3 Å². The first-order chi connectivity index (χ1) is 9.22. The van der Waals surface area contributed by atoms with Crippen molar-refractivity contribution in [1.82, 2.24) is 0 Å². The summed E-state index contributed by atoms with van der Waals surface area (Å²) >= 11 is 0. The molecule has 1 aromatic carbocycles. The fourth-order valence-corrected chi connectivity index (χ4v) is 2.26. The molecule has 0 saturated carbocycles. The number of carbonyl (C=O) groups excluding carboxylic acids is 1. The van der Waals surface area contributed by atoms with E-state index in [1.165, 1.54) is 5.56 Å². The molecular weight excluding hydrogens is 240 g/mol. The quantitative estimate of drug-likeness (QED) is 0.887. The van der Waals surface area contributed by atoms with Crippen LogP contribution in [0.15, 0.2) is 34.9 Å². The molecular formula is C15H16N2O2. The topological polar surface area (TPSA) is 54.3 Å². The lowest BCUT2D eigenvalue weighted by atomic mass is 10.0. The van der Waals surface area contributed by atoms with Gasteiger partial charge in [-0.1, -0.05) is 0 Å². The van der Waals surface area contributed by atoms with Crippen LogP contribution in [0, 0.1) is 6.92 Å². The second-order valence-electron chi connectivity index (χ2n) is 4.80. The standard InChI is InChI=1S/C15H16N2O2/c1-10-6-7-19-14(10)9-16-12-3-4-13-11(8-12)2-5-15(18)17-13/h3-4,6-8,16H,2,5,9H2,1H3,(H,17,18). The Hall–Kier alpha value is -2.23. The van der Waals surface area contributed by atoms with Gasteiger partial charge in [-0.05, 0) is 48.7 Å². The molecule has 0 spiro atoms. The van der Waals surface area contributed by atoms with Crippen molar-refractivity contribution in [1.29, 1.82) is 0 Å². The number of benzene rings is 1. The summed E-state index contributed by atoms with van der Waals surface area (Å²) in [6.07, 6.45) is 3.07. The van der Waals surface area contributed by atoms with Crippen LogP contribution in [0.4, 0.5) is 11.4 Å². The Morgan fingerprint density at radius 2 is 2.21 bits per heavy atom. The Morgan fingerprint density at radius 3 is 3.00 bits per heavy atom. The van der Waals surface area contributed by atoms with Gasteiger partial charge in [0.15, 0.2) is 0 Å². The number of nitrogens with one attached hydrogen (secondary N) is 2. The smallest absolute Gasteiger partial charge is 0.224 e. The normalized spacial score (nSPS) is 13.8. The molecule has 0 fully saturated rings. The number of amides is 1. The van der Waals surface area contributed by atoms with Crippen LogP contribution in [0.25, 0.3) is 0 Å². The molecule has 0 saturated heterocycles. The Bertz CT molecular complexity index is 616. The number of fused-ring (bicyclic) bond motifs is 1. The molecule has 3 rings (SSSR count). The number of hydrogen-bond donors (Lipinski definition) is 2. The van der Waals surface area contributed by atoms with Gasteiger partial charge in [-0.2, -0.15) is 0 Å². The van der Waals surface area contributed by atoms with Crippen LogP contribution in [0.5, 0.6) is 0 Å². The molecule has 2 N–H and O–H groups in total. The number of rotatable bonds is 3. The van der Waals surface area contributed by atoms with Gasteiger partial charge in [0.2, 0.25) is 5.91 Å². The summed E-state index contributed by atoms with van der Waals surface area (Å²) < 4.78 is 5.39. The SMILES string of the molecule is Cc1ccoc1CNc1ccc2c(c1)CCC(=O)N2. The predicted molar refractivity (Wildman–Crippen MR) is 74.2 cm³/mol. The number of aryl methyl sites for hydroxylation is 2. The fourth-order valence-electron chi connectivity index (χ4n) is 2.26. The number of anilines is 2. The lowest BCUT2D eigenvalue weighted by Gasteiger charge is -2.18. The van der Waals surface area contributed by atoms with E-state index in [1.54, 1.807) is 6.26 Å². The first kappa shape index (κ1) is 11.8. The molecule has 1 aliphatic heterocycles. The highest BCUT2D eigenvalue weighted by atomic mass is 16.3. The molecule has 2 heterocycles. The molecule has 98 valence electrons. The maximum atomic E-state index is 11.3. The minimum atomic E-state index is 0.0967. The van der Waals surface area contributed by atoms with Gasteiger partial charge >= 0.3 is 0 Å². The van der Waals surface area contributed by atoms with E-state index in [4.69, 9.17) is 4.42 Å². The van der Waals surface area contributed by atoms with Crippen molar-refractivity contribution in [3.63, 3.8) is 0 Å². The first-order valence-corrected chi connectivity index (χ1v) is 6.42. The Morgan fingerprint density at radius 1 is 1.32 bits per heavy atom. The summed E-state index contributed by atoms with van der Waals surface area (Å²) in [6.45, 7) is 2.70. The third-order valence-corrected chi connectivity index (χ3v) is 3.42. The fraction of sp³-hybridized carbons (Fsp3) is 0.267. The Labute approximate surface area is 111 Å². The maximum absolute atomic E-state index is 11.3. The van der Waals surface area contributed by atoms with Crippen molar-refractivity contribution in [3.8, 4) is 0 Å². The number of carbonyl (C=O) groups is 1. The molecule has 4 nitrogen and oxygen atoms in total. The van der Waals surface area contributed by atoms with Crippen molar-refractivity contribution in [2.24, 2.45) is 0 Å². The minimum absolute atomic E-state index is 0.0967. The molecule has 0 aliphatic carbocycles. The van der Waals surface area contributed by atoms with Crippen LogP contribution in [0.1, 0.15) is 23.3 Å². The minimum Gasteiger partial charge on any atom is -0.467 e. The van der Waals surface area contributed by atoms with Crippen LogP contribution in [-0.2, 0) is 17.8 Å². The second kappa shape index (κ2) is 4.80. The van der Waals surface area contributed by atoms with Gasteiger partial charge in [0.05, 0.1) is 12.8 Å². The monoisotopic (exact) mass is 256 g/mol. The van der Waals surface area contributed by atoms with E-state index in [1.807, 2.05) is 25.1 Å².